The van der Waals surface area contributed by atoms with Gasteiger partial charge in [-0.2, -0.15) is 0 Å². The predicted molar refractivity (Wildman–Crippen MR) is 100 cm³/mol. The molecule has 1 aromatic carbocycles. The highest BCUT2D eigenvalue weighted by Gasteiger charge is 2.20. The van der Waals surface area contributed by atoms with Crippen LogP contribution in [0.25, 0.3) is 11.1 Å². The first-order chi connectivity index (χ1) is 13.6. The lowest BCUT2D eigenvalue weighted by Gasteiger charge is -2.14. The lowest BCUT2D eigenvalue weighted by atomic mass is 10.0. The van der Waals surface area contributed by atoms with E-state index in [4.69, 9.17) is 6.11 Å². The molecule has 0 amide bonds. The van der Waals surface area contributed by atoms with Gasteiger partial charge in [0.1, 0.15) is 11.6 Å². The van der Waals surface area contributed by atoms with Crippen molar-refractivity contribution in [1.82, 2.24) is 14.5 Å². The molecule has 0 atom stereocenters. The molecule has 0 saturated heterocycles. The third-order valence-corrected chi connectivity index (χ3v) is 4.74. The second-order valence-electron chi connectivity index (χ2n) is 6.37. The second-order valence-corrected chi connectivity index (χ2v) is 6.37. The van der Waals surface area contributed by atoms with Crippen molar-refractivity contribution < 1.29 is 10.5 Å². The minimum absolute atomic E-state index is 0.149. The number of hydrogen-bond donors (Lipinski definition) is 1. The molecule has 3 aromatic rings. The van der Waals surface area contributed by atoms with Crippen LogP contribution >= 0.6 is 0 Å². The summed E-state index contributed by atoms with van der Waals surface area (Å²) in [6.45, 7) is 2.56. The zero-order chi connectivity index (χ0) is 19.7. The molecule has 27 heavy (non-hydrogen) atoms. The smallest absolute Gasteiger partial charge is 0.262 e. The standard InChI is InChI=1S/C20H19FN4O2/c1-12-5-7-22-9-14(12)16-11-24-20(25(2)19(16)26)23-10-15-13-6-8-27-18(13)4-3-17(15)21/h3-5,7,9,11H,6,8,10H2,1-2H3,(H,23,24)/i2D. The number of aromatic nitrogens is 3. The summed E-state index contributed by atoms with van der Waals surface area (Å²) in [6.07, 6.45) is 5.37. The lowest BCUT2D eigenvalue weighted by molar-refractivity contribution is 0.356. The van der Waals surface area contributed by atoms with E-state index < -0.39 is 0 Å². The van der Waals surface area contributed by atoms with Crippen LogP contribution in [0.5, 0.6) is 5.75 Å². The van der Waals surface area contributed by atoms with Gasteiger partial charge >= 0.3 is 0 Å². The van der Waals surface area contributed by atoms with Crippen LogP contribution in [0.3, 0.4) is 0 Å². The number of fused-ring (bicyclic) bond motifs is 1. The zero-order valence-corrected chi connectivity index (χ0v) is 14.8. The molecule has 7 heteroatoms. The molecular formula is C20H19FN4O2. The average Bonchev–Trinajstić information content (AvgIpc) is 3.17. The first kappa shape index (κ1) is 16.0. The first-order valence-electron chi connectivity index (χ1n) is 9.28. The summed E-state index contributed by atoms with van der Waals surface area (Å²) in [5, 5.41) is 3.01. The molecule has 0 fully saturated rings. The quantitative estimate of drug-likeness (QED) is 0.768. The summed E-state index contributed by atoms with van der Waals surface area (Å²) in [5.41, 5.74) is 2.93. The number of ether oxygens (including phenoxy) is 1. The van der Waals surface area contributed by atoms with Gasteiger partial charge in [-0.05, 0) is 30.7 Å². The number of aryl methyl sites for hydroxylation is 1. The second kappa shape index (κ2) is 6.83. The highest BCUT2D eigenvalue weighted by Crippen LogP contribution is 2.30. The Hall–Kier alpha value is -3.22. The summed E-state index contributed by atoms with van der Waals surface area (Å²) in [7, 11) is -0.306. The number of hydrogen-bond acceptors (Lipinski definition) is 5. The van der Waals surface area contributed by atoms with E-state index in [0.717, 1.165) is 11.1 Å². The molecule has 138 valence electrons. The Balaban J connectivity index is 1.67. The lowest BCUT2D eigenvalue weighted by Crippen LogP contribution is -2.24. The summed E-state index contributed by atoms with van der Waals surface area (Å²) in [5.74, 6) is 0.576. The van der Waals surface area contributed by atoms with Crippen molar-refractivity contribution in [2.24, 2.45) is 7.02 Å². The van der Waals surface area contributed by atoms with Crippen LogP contribution < -0.4 is 15.6 Å². The van der Waals surface area contributed by atoms with Gasteiger partial charge in [0.2, 0.25) is 5.95 Å². The minimum Gasteiger partial charge on any atom is -0.493 e. The maximum absolute atomic E-state index is 14.3. The van der Waals surface area contributed by atoms with Crippen LogP contribution in [0.1, 0.15) is 18.1 Å². The SMILES string of the molecule is [2H]Cn1c(NCc2c(F)ccc3c2CCO3)ncc(-c2cnccc2C)c1=O. The van der Waals surface area contributed by atoms with Crippen LogP contribution in [0, 0.1) is 12.7 Å². The van der Waals surface area contributed by atoms with Gasteiger partial charge in [0, 0.05) is 56.6 Å². The van der Waals surface area contributed by atoms with Gasteiger partial charge < -0.3 is 10.1 Å². The molecule has 1 aliphatic rings. The Labute approximate surface area is 157 Å². The van der Waals surface area contributed by atoms with E-state index in [1.165, 1.54) is 16.8 Å². The maximum Gasteiger partial charge on any atom is 0.262 e. The van der Waals surface area contributed by atoms with Crippen molar-refractivity contribution >= 4 is 5.95 Å². The number of nitrogens with zero attached hydrogens (tertiary/aromatic N) is 3. The highest BCUT2D eigenvalue weighted by atomic mass is 19.1. The monoisotopic (exact) mass is 367 g/mol. The van der Waals surface area contributed by atoms with Gasteiger partial charge in [-0.1, -0.05) is 0 Å². The fourth-order valence-electron chi connectivity index (χ4n) is 3.24. The summed E-state index contributed by atoms with van der Waals surface area (Å²) in [6, 6.07) is 4.82. The fourth-order valence-corrected chi connectivity index (χ4v) is 3.24. The topological polar surface area (TPSA) is 69.0 Å². The molecule has 0 unspecified atom stereocenters. The molecule has 0 aliphatic carbocycles. The Bertz CT molecular complexity index is 1100. The van der Waals surface area contributed by atoms with E-state index in [1.54, 1.807) is 18.5 Å². The predicted octanol–water partition coefficient (Wildman–Crippen LogP) is 2.84. The number of anilines is 1. The van der Waals surface area contributed by atoms with Crippen LogP contribution in [0.2, 0.25) is 0 Å². The summed E-state index contributed by atoms with van der Waals surface area (Å²) >= 11 is 0. The minimum atomic E-state index is -0.342. The molecule has 0 radical (unpaired) electrons. The molecule has 0 saturated carbocycles. The van der Waals surface area contributed by atoms with Gasteiger partial charge in [-0.3, -0.25) is 14.3 Å². The normalized spacial score (nSPS) is 13.0. The Morgan fingerprint density at radius 3 is 3.04 bits per heavy atom. The van der Waals surface area contributed by atoms with E-state index in [9.17, 15) is 9.18 Å². The molecule has 6 nitrogen and oxygen atoms in total. The van der Waals surface area contributed by atoms with Crippen LogP contribution in [-0.2, 0) is 20.0 Å². The number of halogens is 1. The molecular weight excluding hydrogens is 347 g/mol. The molecule has 1 aliphatic heterocycles. The van der Waals surface area contributed by atoms with Gasteiger partial charge in [0.25, 0.3) is 5.56 Å². The number of benzene rings is 1. The third kappa shape index (κ3) is 3.05. The maximum atomic E-state index is 14.3. The molecule has 3 heterocycles. The third-order valence-electron chi connectivity index (χ3n) is 4.74. The molecule has 1 N–H and O–H groups in total. The van der Waals surface area contributed by atoms with Gasteiger partial charge in [0.15, 0.2) is 0 Å². The average molecular weight is 367 g/mol. The van der Waals surface area contributed by atoms with E-state index in [-0.39, 0.29) is 30.9 Å². The van der Waals surface area contributed by atoms with Gasteiger partial charge in [0.05, 0.1) is 12.2 Å². The van der Waals surface area contributed by atoms with E-state index in [0.29, 0.717) is 35.5 Å². The Morgan fingerprint density at radius 1 is 1.33 bits per heavy atom. The largest absolute Gasteiger partial charge is 0.493 e. The van der Waals surface area contributed by atoms with Crippen molar-refractivity contribution in [3.8, 4) is 16.9 Å². The van der Waals surface area contributed by atoms with Crippen LogP contribution in [-0.4, -0.2) is 21.1 Å². The molecule has 0 bridgehead atoms. The Kier molecular flexibility index (Phi) is 4.04. The van der Waals surface area contributed by atoms with Crippen molar-refractivity contribution in [1.29, 1.82) is 0 Å². The van der Waals surface area contributed by atoms with E-state index in [2.05, 4.69) is 15.3 Å². The summed E-state index contributed by atoms with van der Waals surface area (Å²) < 4.78 is 28.8. The Morgan fingerprint density at radius 2 is 2.22 bits per heavy atom. The first-order valence-corrected chi connectivity index (χ1v) is 8.57. The molecule has 2 aromatic heterocycles. The van der Waals surface area contributed by atoms with Crippen molar-refractivity contribution in [2.75, 3.05) is 11.9 Å². The highest BCUT2D eigenvalue weighted by molar-refractivity contribution is 5.64. The number of nitrogens with one attached hydrogen (secondary N) is 1. The van der Waals surface area contributed by atoms with Crippen molar-refractivity contribution in [3.63, 3.8) is 0 Å². The van der Waals surface area contributed by atoms with Crippen molar-refractivity contribution in [3.05, 3.63) is 69.7 Å². The van der Waals surface area contributed by atoms with Crippen LogP contribution in [0.15, 0.2) is 41.6 Å². The zero-order valence-electron chi connectivity index (χ0n) is 15.8. The van der Waals surface area contributed by atoms with Gasteiger partial charge in [-0.25, -0.2) is 9.37 Å². The van der Waals surface area contributed by atoms with E-state index >= 15 is 0 Å². The molecule has 4 rings (SSSR count). The van der Waals surface area contributed by atoms with E-state index in [1.807, 2.05) is 13.0 Å². The summed E-state index contributed by atoms with van der Waals surface area (Å²) in [4.78, 5) is 21.3. The van der Waals surface area contributed by atoms with Gasteiger partial charge in [-0.15, -0.1) is 0 Å². The molecule has 0 spiro atoms. The number of rotatable bonds is 4. The van der Waals surface area contributed by atoms with Crippen molar-refractivity contribution in [2.45, 2.75) is 19.9 Å². The van der Waals surface area contributed by atoms with Crippen LogP contribution in [0.4, 0.5) is 10.3 Å². The number of pyridine rings is 1. The fraction of sp³-hybridized carbons (Fsp3) is 0.250.